The Morgan fingerprint density at radius 1 is 1.12 bits per heavy atom. The van der Waals surface area contributed by atoms with E-state index in [0.29, 0.717) is 11.3 Å². The van der Waals surface area contributed by atoms with E-state index in [1.165, 1.54) is 17.3 Å². The summed E-state index contributed by atoms with van der Waals surface area (Å²) in [4.78, 5) is 9.33. The number of hydrogen-bond acceptors (Lipinski definition) is 3. The van der Waals surface area contributed by atoms with Crippen LogP contribution in [0.2, 0.25) is 0 Å². The third kappa shape index (κ3) is 6.50. The first-order valence-corrected chi connectivity index (χ1v) is 12.0. The summed E-state index contributed by atoms with van der Waals surface area (Å²) in [6.45, 7) is 19.5. The molecule has 3 rings (SSSR count). The fourth-order valence-corrected chi connectivity index (χ4v) is 4.34. The molecule has 0 aromatic carbocycles. The van der Waals surface area contributed by atoms with Gasteiger partial charge in [0, 0.05) is 43.5 Å². The number of aliphatic imine (C=N–C) groups is 1. The van der Waals surface area contributed by atoms with E-state index < -0.39 is 11.7 Å². The van der Waals surface area contributed by atoms with Crippen LogP contribution in [0.5, 0.6) is 0 Å². The minimum Gasteiger partial charge on any atom is -0.373 e. The lowest BCUT2D eigenvalue weighted by molar-refractivity contribution is -0.0860. The molecule has 0 radical (unpaired) electrons. The van der Waals surface area contributed by atoms with E-state index in [2.05, 4.69) is 49.1 Å². The maximum absolute atomic E-state index is 13.8. The number of hydrogen-bond donors (Lipinski definition) is 0. The zero-order valence-electron chi connectivity index (χ0n) is 20.7. The Morgan fingerprint density at radius 2 is 1.76 bits per heavy atom. The monoisotopic (exact) mass is 461 g/mol. The van der Waals surface area contributed by atoms with Gasteiger partial charge in [-0.2, -0.15) is 13.2 Å². The molecule has 0 aromatic rings. The zero-order valence-corrected chi connectivity index (χ0v) is 20.7. The van der Waals surface area contributed by atoms with Crippen LogP contribution in [-0.4, -0.2) is 54.4 Å². The Balaban J connectivity index is 1.70. The second kappa shape index (κ2) is 10.5. The fraction of sp³-hybridized carbons (Fsp3) is 0.593. The standard InChI is InChI=1S/C27H38F3N3/c1-18(2)22(6)33-16-14-32(15-17-33)13-12-19(3)20(4)24-8-7-9-25(27(28,29)30)26(24)31-21(5)23-10-11-23/h7-9,19,23H,5,10-17H2,1-4,6H3/b24-20+,31-26?. The molecule has 6 heteroatoms. The average Bonchev–Trinajstić information content (AvgIpc) is 3.61. The van der Waals surface area contributed by atoms with Gasteiger partial charge >= 0.3 is 6.18 Å². The number of allylic oxidation sites excluding steroid dienone is 9. The predicted octanol–water partition coefficient (Wildman–Crippen LogP) is 6.68. The quantitative estimate of drug-likeness (QED) is 0.421. The van der Waals surface area contributed by atoms with Gasteiger partial charge in [-0.3, -0.25) is 9.89 Å². The van der Waals surface area contributed by atoms with Gasteiger partial charge in [0.2, 0.25) is 0 Å². The molecule has 0 bridgehead atoms. The van der Waals surface area contributed by atoms with Crippen LogP contribution in [0.4, 0.5) is 13.2 Å². The van der Waals surface area contributed by atoms with Crippen molar-refractivity contribution in [1.82, 2.24) is 9.80 Å². The summed E-state index contributed by atoms with van der Waals surface area (Å²) >= 11 is 0. The highest BCUT2D eigenvalue weighted by atomic mass is 19.4. The van der Waals surface area contributed by atoms with Crippen LogP contribution in [0.3, 0.4) is 0 Å². The van der Waals surface area contributed by atoms with Crippen molar-refractivity contribution in [2.75, 3.05) is 32.7 Å². The molecule has 0 aromatic heterocycles. The second-order valence-corrected chi connectivity index (χ2v) is 9.86. The zero-order chi connectivity index (χ0) is 24.3. The Kier molecular flexibility index (Phi) is 8.09. The average molecular weight is 462 g/mol. The molecule has 2 fully saturated rings. The Hall–Kier alpha value is -2.08. The topological polar surface area (TPSA) is 18.8 Å². The van der Waals surface area contributed by atoms with Crippen LogP contribution in [0.15, 0.2) is 63.5 Å². The number of piperazine rings is 1. The number of halogens is 3. The molecule has 1 heterocycles. The first kappa shape index (κ1) is 25.5. The van der Waals surface area contributed by atoms with Crippen molar-refractivity contribution in [1.29, 1.82) is 0 Å². The molecule has 33 heavy (non-hydrogen) atoms. The first-order valence-electron chi connectivity index (χ1n) is 12.0. The van der Waals surface area contributed by atoms with E-state index in [4.69, 9.17) is 0 Å². The third-order valence-corrected chi connectivity index (χ3v) is 7.26. The second-order valence-electron chi connectivity index (χ2n) is 9.86. The summed E-state index contributed by atoms with van der Waals surface area (Å²) in [6.07, 6.45) is 2.81. The number of rotatable bonds is 7. The molecular formula is C27H38F3N3. The van der Waals surface area contributed by atoms with Crippen molar-refractivity contribution >= 4 is 5.71 Å². The SMILES string of the molecule is C=C(N=C1C(C(F)(F)F)=CC=C/C1=C(/C)C(C)CCN1CCN(C(C)=C(C)C)CC1)C1CC1. The molecule has 1 saturated carbocycles. The van der Waals surface area contributed by atoms with Crippen LogP contribution < -0.4 is 0 Å². The Labute approximate surface area is 197 Å². The van der Waals surface area contributed by atoms with Crippen LogP contribution >= 0.6 is 0 Å². The van der Waals surface area contributed by atoms with Crippen molar-refractivity contribution < 1.29 is 13.2 Å². The largest absolute Gasteiger partial charge is 0.418 e. The van der Waals surface area contributed by atoms with Crippen molar-refractivity contribution in [3.05, 3.63) is 58.5 Å². The van der Waals surface area contributed by atoms with Crippen LogP contribution in [-0.2, 0) is 0 Å². The molecule has 1 unspecified atom stereocenters. The molecule has 3 nitrogen and oxygen atoms in total. The summed E-state index contributed by atoms with van der Waals surface area (Å²) in [5.41, 5.74) is 4.22. The van der Waals surface area contributed by atoms with Gasteiger partial charge < -0.3 is 4.90 Å². The molecule has 0 spiro atoms. The summed E-state index contributed by atoms with van der Waals surface area (Å²) in [6, 6.07) is 0. The van der Waals surface area contributed by atoms with Gasteiger partial charge in [-0.15, -0.1) is 0 Å². The molecule has 1 atom stereocenters. The fourth-order valence-electron chi connectivity index (χ4n) is 4.34. The highest BCUT2D eigenvalue weighted by Gasteiger charge is 2.39. The molecule has 182 valence electrons. The maximum atomic E-state index is 13.8. The minimum absolute atomic E-state index is 0.0389. The van der Waals surface area contributed by atoms with Gasteiger partial charge in [0.15, 0.2) is 0 Å². The van der Waals surface area contributed by atoms with Gasteiger partial charge in [0.1, 0.15) is 0 Å². The normalized spacial score (nSPS) is 23.5. The molecule has 1 saturated heterocycles. The van der Waals surface area contributed by atoms with Crippen molar-refractivity contribution in [3.63, 3.8) is 0 Å². The number of alkyl halides is 3. The molecule has 2 aliphatic carbocycles. The minimum atomic E-state index is -4.44. The smallest absolute Gasteiger partial charge is 0.373 e. The maximum Gasteiger partial charge on any atom is 0.418 e. The summed E-state index contributed by atoms with van der Waals surface area (Å²) in [5.74, 6) is 0.389. The lowest BCUT2D eigenvalue weighted by Crippen LogP contribution is -2.46. The van der Waals surface area contributed by atoms with Crippen LogP contribution in [0.25, 0.3) is 0 Å². The van der Waals surface area contributed by atoms with Gasteiger partial charge in [-0.25, -0.2) is 0 Å². The molecule has 0 amide bonds. The van der Waals surface area contributed by atoms with Gasteiger partial charge in [-0.1, -0.05) is 36.8 Å². The molecular weight excluding hydrogens is 423 g/mol. The van der Waals surface area contributed by atoms with Crippen LogP contribution in [0.1, 0.15) is 53.9 Å². The van der Waals surface area contributed by atoms with E-state index in [-0.39, 0.29) is 17.5 Å². The lowest BCUT2D eigenvalue weighted by Gasteiger charge is -2.37. The van der Waals surface area contributed by atoms with E-state index in [0.717, 1.165) is 63.6 Å². The van der Waals surface area contributed by atoms with E-state index >= 15 is 0 Å². The summed E-state index contributed by atoms with van der Waals surface area (Å²) < 4.78 is 41.3. The predicted molar refractivity (Wildman–Crippen MR) is 131 cm³/mol. The van der Waals surface area contributed by atoms with Crippen molar-refractivity contribution in [3.8, 4) is 0 Å². The van der Waals surface area contributed by atoms with Crippen molar-refractivity contribution in [2.45, 2.75) is 60.1 Å². The summed E-state index contributed by atoms with van der Waals surface area (Å²) in [5, 5.41) is 0. The van der Waals surface area contributed by atoms with Crippen LogP contribution in [0, 0.1) is 11.8 Å². The van der Waals surface area contributed by atoms with Crippen molar-refractivity contribution in [2.24, 2.45) is 16.8 Å². The highest BCUT2D eigenvalue weighted by molar-refractivity contribution is 6.17. The van der Waals surface area contributed by atoms with Gasteiger partial charge in [-0.05, 0) is 71.1 Å². The third-order valence-electron chi connectivity index (χ3n) is 7.26. The van der Waals surface area contributed by atoms with E-state index in [1.807, 2.05) is 6.92 Å². The van der Waals surface area contributed by atoms with E-state index in [1.54, 1.807) is 6.08 Å². The lowest BCUT2D eigenvalue weighted by atomic mass is 9.87. The Bertz CT molecular complexity index is 901. The highest BCUT2D eigenvalue weighted by Crippen LogP contribution is 2.39. The van der Waals surface area contributed by atoms with E-state index in [9.17, 15) is 13.2 Å². The van der Waals surface area contributed by atoms with Gasteiger partial charge in [0.05, 0.1) is 11.3 Å². The van der Waals surface area contributed by atoms with Gasteiger partial charge in [0.25, 0.3) is 0 Å². The number of nitrogens with zero attached hydrogens (tertiary/aromatic N) is 3. The molecule has 1 aliphatic heterocycles. The summed E-state index contributed by atoms with van der Waals surface area (Å²) in [7, 11) is 0. The molecule has 0 N–H and O–H groups in total. The molecule has 3 aliphatic rings. The Morgan fingerprint density at radius 3 is 2.30 bits per heavy atom. The first-order chi connectivity index (χ1) is 15.5.